The summed E-state index contributed by atoms with van der Waals surface area (Å²) in [6, 6.07) is 3.44. The average Bonchev–Trinajstić information content (AvgIpc) is 2.98. The molecule has 1 saturated heterocycles. The van der Waals surface area contributed by atoms with Crippen LogP contribution in [0.2, 0.25) is 10.0 Å². The molecule has 3 rings (SSSR count). The van der Waals surface area contributed by atoms with Gasteiger partial charge in [0, 0.05) is 10.0 Å². The summed E-state index contributed by atoms with van der Waals surface area (Å²) in [5, 5.41) is 4.30. The van der Waals surface area contributed by atoms with Crippen molar-refractivity contribution >= 4 is 52.4 Å². The molecule has 2 atom stereocenters. The first-order chi connectivity index (χ1) is 10.4. The number of carbonyl (C=O) groups excluding carboxylic acids is 3. The standard InChI is InChI=1S/C13H9Cl2N3O4/c1-22-13(21)10-8-9(16-17-10)12(20)18(11(8)19)7-3-5(14)2-6(15)4-7/h2-4,8-9,16H,1H3/t8-,9+/m0/s1. The van der Waals surface area contributed by atoms with Crippen molar-refractivity contribution in [1.82, 2.24) is 5.43 Å². The molecule has 0 unspecified atom stereocenters. The summed E-state index contributed by atoms with van der Waals surface area (Å²) in [6.07, 6.45) is 0. The van der Waals surface area contributed by atoms with E-state index >= 15 is 0 Å². The SMILES string of the molecule is COC(=O)C1=NN[C@H]2C(=O)N(c3cc(Cl)cc(Cl)c3)C(=O)[C@H]12. The summed E-state index contributed by atoms with van der Waals surface area (Å²) < 4.78 is 4.57. The van der Waals surface area contributed by atoms with E-state index in [1.807, 2.05) is 0 Å². The molecule has 9 heteroatoms. The second-order valence-corrected chi connectivity index (χ2v) is 5.59. The summed E-state index contributed by atoms with van der Waals surface area (Å²) in [5.41, 5.74) is 2.62. The van der Waals surface area contributed by atoms with Gasteiger partial charge in [-0.3, -0.25) is 15.0 Å². The van der Waals surface area contributed by atoms with Crippen molar-refractivity contribution in [2.75, 3.05) is 12.0 Å². The highest BCUT2D eigenvalue weighted by Crippen LogP contribution is 2.33. The largest absolute Gasteiger partial charge is 0.464 e. The maximum atomic E-state index is 12.5. The lowest BCUT2D eigenvalue weighted by Gasteiger charge is -2.16. The number of halogens is 2. The van der Waals surface area contributed by atoms with E-state index in [4.69, 9.17) is 23.2 Å². The fourth-order valence-electron chi connectivity index (χ4n) is 2.49. The van der Waals surface area contributed by atoms with E-state index < -0.39 is 29.7 Å². The number of nitrogens with one attached hydrogen (secondary N) is 1. The van der Waals surface area contributed by atoms with Gasteiger partial charge in [-0.2, -0.15) is 5.10 Å². The Balaban J connectivity index is 2.00. The van der Waals surface area contributed by atoms with E-state index in [0.29, 0.717) is 0 Å². The van der Waals surface area contributed by atoms with Crippen LogP contribution in [0.1, 0.15) is 0 Å². The Morgan fingerprint density at radius 2 is 1.86 bits per heavy atom. The predicted octanol–water partition coefficient (Wildman–Crippen LogP) is 0.984. The zero-order valence-electron chi connectivity index (χ0n) is 11.2. The first kappa shape index (κ1) is 14.8. The fraction of sp³-hybridized carbons (Fsp3) is 0.231. The maximum absolute atomic E-state index is 12.5. The van der Waals surface area contributed by atoms with Gasteiger partial charge >= 0.3 is 5.97 Å². The minimum atomic E-state index is -1.02. The summed E-state index contributed by atoms with van der Waals surface area (Å²) in [4.78, 5) is 37.5. The zero-order valence-corrected chi connectivity index (χ0v) is 12.7. The minimum Gasteiger partial charge on any atom is -0.464 e. The van der Waals surface area contributed by atoms with Crippen LogP contribution in [-0.4, -0.2) is 36.6 Å². The summed E-state index contributed by atoms with van der Waals surface area (Å²) >= 11 is 11.8. The molecule has 0 aliphatic carbocycles. The number of hydrazone groups is 1. The zero-order chi connectivity index (χ0) is 16.0. The molecule has 0 aromatic heterocycles. The summed E-state index contributed by atoms with van der Waals surface area (Å²) in [5.74, 6) is -2.89. The molecule has 1 N–H and O–H groups in total. The molecule has 7 nitrogen and oxygen atoms in total. The molecule has 114 valence electrons. The van der Waals surface area contributed by atoms with E-state index in [1.165, 1.54) is 25.3 Å². The highest BCUT2D eigenvalue weighted by molar-refractivity contribution is 6.46. The van der Waals surface area contributed by atoms with Gasteiger partial charge in [-0.05, 0) is 18.2 Å². The highest BCUT2D eigenvalue weighted by atomic mass is 35.5. The number of nitrogens with zero attached hydrogens (tertiary/aromatic N) is 2. The normalized spacial score (nSPS) is 23.2. The second-order valence-electron chi connectivity index (χ2n) is 4.71. The van der Waals surface area contributed by atoms with Crippen LogP contribution in [0.4, 0.5) is 5.69 Å². The van der Waals surface area contributed by atoms with Gasteiger partial charge in [0.25, 0.3) is 5.91 Å². The van der Waals surface area contributed by atoms with E-state index in [9.17, 15) is 14.4 Å². The third-order valence-electron chi connectivity index (χ3n) is 3.42. The highest BCUT2D eigenvalue weighted by Gasteiger charge is 2.55. The van der Waals surface area contributed by atoms with Crippen LogP contribution in [0.15, 0.2) is 23.3 Å². The van der Waals surface area contributed by atoms with Gasteiger partial charge in [0.2, 0.25) is 5.91 Å². The number of anilines is 1. The van der Waals surface area contributed by atoms with E-state index in [2.05, 4.69) is 15.3 Å². The molecule has 1 aromatic carbocycles. The van der Waals surface area contributed by atoms with Gasteiger partial charge in [0.15, 0.2) is 5.71 Å². The molecular weight excluding hydrogens is 333 g/mol. The van der Waals surface area contributed by atoms with Crippen LogP contribution < -0.4 is 10.3 Å². The van der Waals surface area contributed by atoms with Crippen molar-refractivity contribution < 1.29 is 19.1 Å². The van der Waals surface area contributed by atoms with Crippen LogP contribution in [-0.2, 0) is 19.1 Å². The van der Waals surface area contributed by atoms with Crippen LogP contribution >= 0.6 is 23.2 Å². The van der Waals surface area contributed by atoms with Gasteiger partial charge in [-0.1, -0.05) is 23.2 Å². The topological polar surface area (TPSA) is 88.1 Å². The number of methoxy groups -OCH3 is 1. The molecule has 2 heterocycles. The Hall–Kier alpha value is -2.12. The average molecular weight is 342 g/mol. The Bertz CT molecular complexity index is 714. The molecule has 2 aliphatic rings. The lowest BCUT2D eigenvalue weighted by molar-refractivity contribution is -0.133. The molecular formula is C13H9Cl2N3O4. The van der Waals surface area contributed by atoms with Crippen molar-refractivity contribution in [2.24, 2.45) is 11.0 Å². The van der Waals surface area contributed by atoms with Crippen molar-refractivity contribution in [3.8, 4) is 0 Å². The smallest absolute Gasteiger partial charge is 0.355 e. The molecule has 0 bridgehead atoms. The summed E-state index contributed by atoms with van der Waals surface area (Å²) in [7, 11) is 1.17. The number of fused-ring (bicyclic) bond motifs is 1. The van der Waals surface area contributed by atoms with Crippen molar-refractivity contribution in [2.45, 2.75) is 6.04 Å². The molecule has 2 amide bonds. The first-order valence-electron chi connectivity index (χ1n) is 6.19. The van der Waals surface area contributed by atoms with Crippen molar-refractivity contribution in [1.29, 1.82) is 0 Å². The number of benzene rings is 1. The van der Waals surface area contributed by atoms with Crippen LogP contribution in [0, 0.1) is 5.92 Å². The predicted molar refractivity (Wildman–Crippen MR) is 78.8 cm³/mol. The molecule has 22 heavy (non-hydrogen) atoms. The van der Waals surface area contributed by atoms with Gasteiger partial charge in [0.05, 0.1) is 12.8 Å². The molecule has 1 aromatic rings. The van der Waals surface area contributed by atoms with E-state index in [0.717, 1.165) is 4.90 Å². The van der Waals surface area contributed by atoms with Gasteiger partial charge in [-0.25, -0.2) is 9.69 Å². The second kappa shape index (κ2) is 5.26. The van der Waals surface area contributed by atoms with Gasteiger partial charge < -0.3 is 4.74 Å². The number of rotatable bonds is 2. The van der Waals surface area contributed by atoms with Crippen molar-refractivity contribution in [3.05, 3.63) is 28.2 Å². The minimum absolute atomic E-state index is 0.124. The lowest BCUT2D eigenvalue weighted by Crippen LogP contribution is -2.36. The Labute approximate surface area is 134 Å². The quantitative estimate of drug-likeness (QED) is 0.640. The Kier molecular flexibility index (Phi) is 3.54. The lowest BCUT2D eigenvalue weighted by atomic mass is 9.99. The molecule has 1 fully saturated rings. The number of hydrogen-bond donors (Lipinski definition) is 1. The first-order valence-corrected chi connectivity index (χ1v) is 6.95. The fourth-order valence-corrected chi connectivity index (χ4v) is 3.00. The molecule has 0 saturated carbocycles. The number of esters is 1. The monoisotopic (exact) mass is 341 g/mol. The number of ether oxygens (including phenoxy) is 1. The van der Waals surface area contributed by atoms with Crippen molar-refractivity contribution in [3.63, 3.8) is 0 Å². The van der Waals surface area contributed by atoms with Crippen LogP contribution in [0.3, 0.4) is 0 Å². The van der Waals surface area contributed by atoms with Crippen LogP contribution in [0.5, 0.6) is 0 Å². The third-order valence-corrected chi connectivity index (χ3v) is 3.86. The number of amides is 2. The summed E-state index contributed by atoms with van der Waals surface area (Å²) in [6.45, 7) is 0. The Morgan fingerprint density at radius 1 is 1.23 bits per heavy atom. The molecule has 2 aliphatic heterocycles. The van der Waals surface area contributed by atoms with E-state index in [-0.39, 0.29) is 21.4 Å². The maximum Gasteiger partial charge on any atom is 0.355 e. The molecule has 0 radical (unpaired) electrons. The Morgan fingerprint density at radius 3 is 2.45 bits per heavy atom. The number of carbonyl (C=O) groups is 3. The third kappa shape index (κ3) is 2.13. The van der Waals surface area contributed by atoms with Gasteiger partial charge in [-0.15, -0.1) is 0 Å². The van der Waals surface area contributed by atoms with E-state index in [1.54, 1.807) is 0 Å². The van der Waals surface area contributed by atoms with Crippen LogP contribution in [0.25, 0.3) is 0 Å². The van der Waals surface area contributed by atoms with Gasteiger partial charge in [0.1, 0.15) is 12.0 Å². The number of imide groups is 1. The number of hydrogen-bond acceptors (Lipinski definition) is 6. The molecule has 0 spiro atoms.